The number of hydrogen-bond donors (Lipinski definition) is 2. The molecule has 1 aliphatic heterocycles. The van der Waals surface area contributed by atoms with E-state index in [-0.39, 0.29) is 25.0 Å². The van der Waals surface area contributed by atoms with Gasteiger partial charge in [0.2, 0.25) is 5.91 Å². The van der Waals surface area contributed by atoms with Crippen LogP contribution in [0, 0.1) is 0 Å². The number of carboxylic acid groups (broad SMARTS) is 1. The molecule has 0 spiro atoms. The van der Waals surface area contributed by atoms with Gasteiger partial charge in [-0.05, 0) is 35.7 Å². The Hall–Kier alpha value is -2.40. The zero-order valence-electron chi connectivity index (χ0n) is 12.9. The van der Waals surface area contributed by atoms with Crippen LogP contribution in [0.2, 0.25) is 0 Å². The van der Waals surface area contributed by atoms with E-state index in [4.69, 9.17) is 5.11 Å². The van der Waals surface area contributed by atoms with Crippen LogP contribution in [0.1, 0.15) is 24.4 Å². The molecule has 1 aliphatic rings. The maximum atomic E-state index is 11.9. The van der Waals surface area contributed by atoms with Crippen LogP contribution in [0.25, 0.3) is 10.8 Å². The second kappa shape index (κ2) is 6.79. The summed E-state index contributed by atoms with van der Waals surface area (Å²) in [5.74, 6) is -1.26. The fourth-order valence-electron chi connectivity index (χ4n) is 3.32. The molecule has 2 N–H and O–H groups in total. The summed E-state index contributed by atoms with van der Waals surface area (Å²) < 4.78 is 0. The third-order valence-corrected chi connectivity index (χ3v) is 4.33. The van der Waals surface area contributed by atoms with Gasteiger partial charge in [0.15, 0.2) is 0 Å². The van der Waals surface area contributed by atoms with Gasteiger partial charge in [-0.25, -0.2) is 0 Å². The van der Waals surface area contributed by atoms with Crippen LogP contribution in [-0.4, -0.2) is 41.5 Å². The largest absolute Gasteiger partial charge is 0.480 e. The van der Waals surface area contributed by atoms with Gasteiger partial charge in [0.25, 0.3) is 0 Å². The van der Waals surface area contributed by atoms with Crippen LogP contribution in [0.3, 0.4) is 0 Å². The van der Waals surface area contributed by atoms with Crippen molar-refractivity contribution in [3.63, 3.8) is 0 Å². The molecule has 0 radical (unpaired) electrons. The first kappa shape index (κ1) is 15.5. The maximum Gasteiger partial charge on any atom is 0.322 e. The summed E-state index contributed by atoms with van der Waals surface area (Å²) in [6, 6.07) is 14.7. The van der Waals surface area contributed by atoms with E-state index in [0.29, 0.717) is 0 Å². The van der Waals surface area contributed by atoms with E-state index < -0.39 is 5.97 Å². The molecule has 1 saturated heterocycles. The number of carbonyl (C=O) groups is 2. The average Bonchev–Trinajstić information content (AvgIpc) is 3.00. The lowest BCUT2D eigenvalue weighted by Crippen LogP contribution is -2.39. The third kappa shape index (κ3) is 3.51. The first-order chi connectivity index (χ1) is 11.1. The number of carbonyl (C=O) groups excluding carboxylic acids is 1. The summed E-state index contributed by atoms with van der Waals surface area (Å²) >= 11 is 0. The molecular weight excluding hydrogens is 292 g/mol. The molecule has 1 atom stereocenters. The summed E-state index contributed by atoms with van der Waals surface area (Å²) in [6.45, 7) is 0.765. The van der Waals surface area contributed by atoms with E-state index in [2.05, 4.69) is 40.5 Å². The van der Waals surface area contributed by atoms with Crippen LogP contribution in [0.4, 0.5) is 0 Å². The SMILES string of the molecule is O=C(O)CNC(=O)CN1CCCC1c1cccc2ccccc12. The number of nitrogens with one attached hydrogen (secondary N) is 1. The molecule has 1 unspecified atom stereocenters. The summed E-state index contributed by atoms with van der Waals surface area (Å²) in [4.78, 5) is 24.6. The van der Waals surface area contributed by atoms with Crippen molar-refractivity contribution in [2.45, 2.75) is 18.9 Å². The van der Waals surface area contributed by atoms with Gasteiger partial charge in [-0.15, -0.1) is 0 Å². The van der Waals surface area contributed by atoms with Crippen molar-refractivity contribution in [3.8, 4) is 0 Å². The van der Waals surface area contributed by atoms with Crippen molar-refractivity contribution in [1.82, 2.24) is 10.2 Å². The minimum atomic E-state index is -1.02. The zero-order chi connectivity index (χ0) is 16.2. The quantitative estimate of drug-likeness (QED) is 0.888. The van der Waals surface area contributed by atoms with E-state index in [1.165, 1.54) is 16.3 Å². The predicted octanol–water partition coefficient (Wildman–Crippen LogP) is 2.18. The number of amides is 1. The van der Waals surface area contributed by atoms with E-state index in [1.807, 2.05) is 12.1 Å². The molecule has 2 aromatic rings. The van der Waals surface area contributed by atoms with Gasteiger partial charge in [0, 0.05) is 6.04 Å². The third-order valence-electron chi connectivity index (χ3n) is 4.33. The minimum absolute atomic E-state index is 0.205. The molecule has 0 saturated carbocycles. The van der Waals surface area contributed by atoms with Crippen molar-refractivity contribution in [2.24, 2.45) is 0 Å². The molecule has 1 heterocycles. The highest BCUT2D eigenvalue weighted by atomic mass is 16.4. The number of hydrogen-bond acceptors (Lipinski definition) is 3. The maximum absolute atomic E-state index is 11.9. The predicted molar refractivity (Wildman–Crippen MR) is 88.1 cm³/mol. The van der Waals surface area contributed by atoms with Crippen molar-refractivity contribution in [3.05, 3.63) is 48.0 Å². The average molecular weight is 312 g/mol. The summed E-state index contributed by atoms with van der Waals surface area (Å²) in [5.41, 5.74) is 1.24. The molecule has 5 nitrogen and oxygen atoms in total. The Labute approximate surface area is 134 Å². The molecular formula is C18H20N2O3. The second-order valence-corrected chi connectivity index (χ2v) is 5.87. The van der Waals surface area contributed by atoms with Gasteiger partial charge in [0.05, 0.1) is 6.54 Å². The van der Waals surface area contributed by atoms with Crippen LogP contribution < -0.4 is 5.32 Å². The van der Waals surface area contributed by atoms with Crippen molar-refractivity contribution >= 4 is 22.6 Å². The van der Waals surface area contributed by atoms with Crippen molar-refractivity contribution in [2.75, 3.05) is 19.6 Å². The number of benzene rings is 2. The molecule has 0 bridgehead atoms. The molecule has 23 heavy (non-hydrogen) atoms. The molecule has 2 aromatic carbocycles. The van der Waals surface area contributed by atoms with Crippen molar-refractivity contribution in [1.29, 1.82) is 0 Å². The van der Waals surface area contributed by atoms with Gasteiger partial charge in [-0.3, -0.25) is 14.5 Å². The Morgan fingerprint density at radius 3 is 2.78 bits per heavy atom. The van der Waals surface area contributed by atoms with Crippen molar-refractivity contribution < 1.29 is 14.7 Å². The molecule has 1 amide bonds. The topological polar surface area (TPSA) is 69.6 Å². The number of fused-ring (bicyclic) bond motifs is 1. The number of aliphatic carboxylic acids is 1. The smallest absolute Gasteiger partial charge is 0.322 e. The van der Waals surface area contributed by atoms with Gasteiger partial charge < -0.3 is 10.4 Å². The normalized spacial score (nSPS) is 18.2. The summed E-state index contributed by atoms with van der Waals surface area (Å²) in [5, 5.41) is 13.5. The lowest BCUT2D eigenvalue weighted by atomic mass is 9.97. The molecule has 1 fully saturated rings. The van der Waals surface area contributed by atoms with E-state index in [1.54, 1.807) is 0 Å². The van der Waals surface area contributed by atoms with Gasteiger partial charge in [-0.2, -0.15) is 0 Å². The van der Waals surface area contributed by atoms with Crippen LogP contribution >= 0.6 is 0 Å². The van der Waals surface area contributed by atoms with Gasteiger partial charge in [0.1, 0.15) is 6.54 Å². The fourth-order valence-corrected chi connectivity index (χ4v) is 3.32. The monoisotopic (exact) mass is 312 g/mol. The Morgan fingerprint density at radius 1 is 1.17 bits per heavy atom. The Balaban J connectivity index is 1.78. The minimum Gasteiger partial charge on any atom is -0.480 e. The lowest BCUT2D eigenvalue weighted by Gasteiger charge is -2.25. The van der Waals surface area contributed by atoms with Gasteiger partial charge >= 0.3 is 5.97 Å². The zero-order valence-corrected chi connectivity index (χ0v) is 12.9. The van der Waals surface area contributed by atoms with Crippen LogP contribution in [0.5, 0.6) is 0 Å². The molecule has 5 heteroatoms. The first-order valence-corrected chi connectivity index (χ1v) is 7.85. The molecule has 120 valence electrons. The van der Waals surface area contributed by atoms with E-state index in [0.717, 1.165) is 19.4 Å². The van der Waals surface area contributed by atoms with E-state index >= 15 is 0 Å². The highest BCUT2D eigenvalue weighted by Crippen LogP contribution is 2.35. The Kier molecular flexibility index (Phi) is 4.57. The van der Waals surface area contributed by atoms with E-state index in [9.17, 15) is 9.59 Å². The van der Waals surface area contributed by atoms with Gasteiger partial charge in [-0.1, -0.05) is 42.5 Å². The number of nitrogens with zero attached hydrogens (tertiary/aromatic N) is 1. The molecule has 3 rings (SSSR count). The highest BCUT2D eigenvalue weighted by Gasteiger charge is 2.28. The van der Waals surface area contributed by atoms with Crippen LogP contribution in [-0.2, 0) is 9.59 Å². The number of carboxylic acids is 1. The molecule has 0 aliphatic carbocycles. The Morgan fingerprint density at radius 2 is 1.96 bits per heavy atom. The second-order valence-electron chi connectivity index (χ2n) is 5.87. The fraction of sp³-hybridized carbons (Fsp3) is 0.333. The van der Waals surface area contributed by atoms with Crippen LogP contribution in [0.15, 0.2) is 42.5 Å². The summed E-state index contributed by atoms with van der Waals surface area (Å²) in [6.07, 6.45) is 2.06. The molecule has 0 aromatic heterocycles. The first-order valence-electron chi connectivity index (χ1n) is 7.85. The lowest BCUT2D eigenvalue weighted by molar-refractivity contribution is -0.138. The highest BCUT2D eigenvalue weighted by molar-refractivity contribution is 5.86. The number of likely N-dealkylation sites (tertiary alicyclic amines) is 1. The number of rotatable bonds is 5. The summed E-state index contributed by atoms with van der Waals surface area (Å²) in [7, 11) is 0. The standard InChI is InChI=1S/C18H20N2O3/c21-17(19-11-18(22)23)12-20-10-4-9-16(20)15-8-3-6-13-5-1-2-7-14(13)15/h1-3,5-8,16H,4,9-12H2,(H,19,21)(H,22,23). The Bertz CT molecular complexity index is 724.